The van der Waals surface area contributed by atoms with E-state index >= 15 is 0 Å². The molecule has 1 heterocycles. The van der Waals surface area contributed by atoms with E-state index in [1.807, 2.05) is 48.5 Å². The fourth-order valence-electron chi connectivity index (χ4n) is 2.65. The number of amides is 1. The van der Waals surface area contributed by atoms with Crippen molar-refractivity contribution >= 4 is 23.4 Å². The number of carbonyl (C=O) groups excluding carboxylic acids is 1. The highest BCUT2D eigenvalue weighted by Gasteiger charge is 2.10. The number of nitrogens with zero attached hydrogens (tertiary/aromatic N) is 1. The van der Waals surface area contributed by atoms with Gasteiger partial charge in [-0.25, -0.2) is 0 Å². The molecule has 0 bridgehead atoms. The average molecular weight is 338 g/mol. The summed E-state index contributed by atoms with van der Waals surface area (Å²) in [5, 5.41) is 2.87. The molecule has 2 aromatic carbocycles. The summed E-state index contributed by atoms with van der Waals surface area (Å²) in [5.41, 5.74) is 2.87. The summed E-state index contributed by atoms with van der Waals surface area (Å²) < 4.78 is 10.5. The maximum atomic E-state index is 12.0. The van der Waals surface area contributed by atoms with E-state index in [0.29, 0.717) is 0 Å². The van der Waals surface area contributed by atoms with Crippen LogP contribution in [0.2, 0.25) is 0 Å². The predicted molar refractivity (Wildman–Crippen MR) is 100 cm³/mol. The van der Waals surface area contributed by atoms with Crippen LogP contribution in [0.25, 0.3) is 6.08 Å². The van der Waals surface area contributed by atoms with Gasteiger partial charge in [0.25, 0.3) is 0 Å². The standard InChI is InChI=1S/C20H22N2O3/c1-24-19-9-2-16(3-10-19)4-11-20(23)21-17-5-7-18(8-6-17)22-12-14-25-15-13-22/h2-11H,12-15H2,1H3,(H,21,23). The van der Waals surface area contributed by atoms with Gasteiger partial charge in [0, 0.05) is 30.5 Å². The molecule has 5 heteroatoms. The Hall–Kier alpha value is -2.79. The number of benzene rings is 2. The summed E-state index contributed by atoms with van der Waals surface area (Å²) in [7, 11) is 1.63. The van der Waals surface area contributed by atoms with Crippen LogP contribution in [-0.2, 0) is 9.53 Å². The zero-order valence-electron chi connectivity index (χ0n) is 14.3. The zero-order valence-corrected chi connectivity index (χ0v) is 14.3. The number of hydrogen-bond donors (Lipinski definition) is 1. The maximum absolute atomic E-state index is 12.0. The lowest BCUT2D eigenvalue weighted by Crippen LogP contribution is -2.36. The second-order valence-corrected chi connectivity index (χ2v) is 5.74. The van der Waals surface area contributed by atoms with E-state index in [-0.39, 0.29) is 5.91 Å². The predicted octanol–water partition coefficient (Wildman–Crippen LogP) is 3.18. The molecule has 0 unspecified atom stereocenters. The van der Waals surface area contributed by atoms with Crippen LogP contribution in [0, 0.1) is 0 Å². The molecule has 130 valence electrons. The highest BCUT2D eigenvalue weighted by atomic mass is 16.5. The minimum atomic E-state index is -0.157. The molecule has 1 fully saturated rings. The third kappa shape index (κ3) is 4.84. The summed E-state index contributed by atoms with van der Waals surface area (Å²) >= 11 is 0. The fraction of sp³-hybridized carbons (Fsp3) is 0.250. The third-order valence-corrected chi connectivity index (χ3v) is 4.05. The first-order valence-electron chi connectivity index (χ1n) is 8.30. The molecule has 0 atom stereocenters. The Labute approximate surface area is 147 Å². The summed E-state index contributed by atoms with van der Waals surface area (Å²) in [5.74, 6) is 0.636. The van der Waals surface area contributed by atoms with Crippen LogP contribution in [0.15, 0.2) is 54.6 Å². The molecule has 25 heavy (non-hydrogen) atoms. The van der Waals surface area contributed by atoms with Gasteiger partial charge in [0.2, 0.25) is 5.91 Å². The van der Waals surface area contributed by atoms with Crippen LogP contribution in [0.4, 0.5) is 11.4 Å². The van der Waals surface area contributed by atoms with Gasteiger partial charge >= 0.3 is 0 Å². The van der Waals surface area contributed by atoms with Gasteiger partial charge in [-0.3, -0.25) is 4.79 Å². The van der Waals surface area contributed by atoms with Crippen LogP contribution >= 0.6 is 0 Å². The van der Waals surface area contributed by atoms with Crippen molar-refractivity contribution in [2.24, 2.45) is 0 Å². The van der Waals surface area contributed by atoms with Gasteiger partial charge in [0.15, 0.2) is 0 Å². The Kier molecular flexibility index (Phi) is 5.69. The third-order valence-electron chi connectivity index (χ3n) is 4.05. The lowest BCUT2D eigenvalue weighted by atomic mass is 10.2. The molecule has 1 aliphatic heterocycles. The Morgan fingerprint density at radius 1 is 1.08 bits per heavy atom. The molecule has 1 N–H and O–H groups in total. The number of rotatable bonds is 5. The highest BCUT2D eigenvalue weighted by Crippen LogP contribution is 2.19. The van der Waals surface area contributed by atoms with Crippen molar-refractivity contribution < 1.29 is 14.3 Å². The van der Waals surface area contributed by atoms with Gasteiger partial charge in [0.05, 0.1) is 20.3 Å². The maximum Gasteiger partial charge on any atom is 0.248 e. The summed E-state index contributed by atoms with van der Waals surface area (Å²) in [6.07, 6.45) is 3.30. The number of methoxy groups -OCH3 is 1. The largest absolute Gasteiger partial charge is 0.497 e. The van der Waals surface area contributed by atoms with Crippen LogP contribution < -0.4 is 15.0 Å². The Balaban J connectivity index is 1.55. The van der Waals surface area contributed by atoms with Crippen molar-refractivity contribution in [3.05, 3.63) is 60.2 Å². The van der Waals surface area contributed by atoms with Crippen molar-refractivity contribution in [2.45, 2.75) is 0 Å². The van der Waals surface area contributed by atoms with Crippen LogP contribution in [0.3, 0.4) is 0 Å². The molecule has 3 rings (SSSR count). The van der Waals surface area contributed by atoms with Crippen molar-refractivity contribution in [1.29, 1.82) is 0 Å². The van der Waals surface area contributed by atoms with E-state index in [4.69, 9.17) is 9.47 Å². The molecule has 0 spiro atoms. The van der Waals surface area contributed by atoms with Gasteiger partial charge in [-0.15, -0.1) is 0 Å². The summed E-state index contributed by atoms with van der Waals surface area (Å²) in [6, 6.07) is 15.4. The van der Waals surface area contributed by atoms with E-state index < -0.39 is 0 Å². The molecule has 5 nitrogen and oxygen atoms in total. The quantitative estimate of drug-likeness (QED) is 0.851. The first-order valence-corrected chi connectivity index (χ1v) is 8.30. The molecule has 1 aliphatic rings. The second kappa shape index (κ2) is 8.35. The molecule has 0 radical (unpaired) electrons. The number of ether oxygens (including phenoxy) is 2. The lowest BCUT2D eigenvalue weighted by molar-refractivity contribution is -0.111. The number of nitrogens with one attached hydrogen (secondary N) is 1. The van der Waals surface area contributed by atoms with Crippen LogP contribution in [0.5, 0.6) is 5.75 Å². The molecule has 0 aromatic heterocycles. The van der Waals surface area contributed by atoms with Crippen molar-refractivity contribution in [3.8, 4) is 5.75 Å². The van der Waals surface area contributed by atoms with Gasteiger partial charge in [-0.05, 0) is 48.0 Å². The minimum Gasteiger partial charge on any atom is -0.497 e. The molecular formula is C20H22N2O3. The number of morpholine rings is 1. The van der Waals surface area contributed by atoms with Gasteiger partial charge in [-0.1, -0.05) is 12.1 Å². The Bertz CT molecular complexity index is 718. The molecule has 0 saturated carbocycles. The highest BCUT2D eigenvalue weighted by molar-refractivity contribution is 6.02. The second-order valence-electron chi connectivity index (χ2n) is 5.74. The van der Waals surface area contributed by atoms with E-state index in [9.17, 15) is 4.79 Å². The van der Waals surface area contributed by atoms with E-state index in [1.165, 1.54) is 6.08 Å². The van der Waals surface area contributed by atoms with Gasteiger partial charge in [-0.2, -0.15) is 0 Å². The SMILES string of the molecule is COc1ccc(C=CC(=O)Nc2ccc(N3CCOCC3)cc2)cc1. The first-order chi connectivity index (χ1) is 12.2. The van der Waals surface area contributed by atoms with Crippen LogP contribution in [0.1, 0.15) is 5.56 Å². The van der Waals surface area contributed by atoms with Crippen molar-refractivity contribution in [3.63, 3.8) is 0 Å². The molecule has 1 amide bonds. The van der Waals surface area contributed by atoms with Gasteiger partial charge in [0.1, 0.15) is 5.75 Å². The van der Waals surface area contributed by atoms with E-state index in [0.717, 1.165) is 49.0 Å². The monoisotopic (exact) mass is 338 g/mol. The molecule has 0 aliphatic carbocycles. The smallest absolute Gasteiger partial charge is 0.248 e. The van der Waals surface area contributed by atoms with E-state index in [2.05, 4.69) is 10.2 Å². The lowest BCUT2D eigenvalue weighted by Gasteiger charge is -2.28. The average Bonchev–Trinajstić information content (AvgIpc) is 2.68. The number of anilines is 2. The summed E-state index contributed by atoms with van der Waals surface area (Å²) in [6.45, 7) is 3.32. The van der Waals surface area contributed by atoms with Crippen molar-refractivity contribution in [1.82, 2.24) is 0 Å². The van der Waals surface area contributed by atoms with Crippen LogP contribution in [-0.4, -0.2) is 39.3 Å². The summed E-state index contributed by atoms with van der Waals surface area (Å²) in [4.78, 5) is 14.3. The normalized spacial score (nSPS) is 14.5. The van der Waals surface area contributed by atoms with E-state index in [1.54, 1.807) is 13.2 Å². The zero-order chi connectivity index (χ0) is 17.5. The fourth-order valence-corrected chi connectivity index (χ4v) is 2.65. The number of carbonyl (C=O) groups is 1. The van der Waals surface area contributed by atoms with Crippen molar-refractivity contribution in [2.75, 3.05) is 43.6 Å². The molecule has 1 saturated heterocycles. The number of hydrogen-bond acceptors (Lipinski definition) is 4. The topological polar surface area (TPSA) is 50.8 Å². The molecular weight excluding hydrogens is 316 g/mol. The minimum absolute atomic E-state index is 0.157. The van der Waals surface area contributed by atoms with Gasteiger partial charge < -0.3 is 19.7 Å². The first kappa shape index (κ1) is 17.0. The Morgan fingerprint density at radius 2 is 1.76 bits per heavy atom. The molecule has 2 aromatic rings. The Morgan fingerprint density at radius 3 is 2.40 bits per heavy atom.